The number of benzene rings is 1. The molecule has 1 aliphatic carbocycles. The number of hydrogen-bond acceptors (Lipinski definition) is 2. The van der Waals surface area contributed by atoms with Gasteiger partial charge in [-0.3, -0.25) is 0 Å². The highest BCUT2D eigenvalue weighted by atomic mass is 35.5. The van der Waals surface area contributed by atoms with Crippen molar-refractivity contribution < 1.29 is 0 Å². The van der Waals surface area contributed by atoms with E-state index in [1.54, 1.807) is 0 Å². The standard InChI is InChI=1S/C18H29ClN2/c1-4-20-14(3)15-11-12-18(17(19)13-15)21(5-2)16-9-7-6-8-10-16/h11-14,16,20H,4-10H2,1-3H3. The molecule has 21 heavy (non-hydrogen) atoms. The molecule has 1 fully saturated rings. The fraction of sp³-hybridized carbons (Fsp3) is 0.667. The van der Waals surface area contributed by atoms with E-state index in [4.69, 9.17) is 11.6 Å². The molecule has 1 saturated carbocycles. The average Bonchev–Trinajstić information content (AvgIpc) is 2.51. The van der Waals surface area contributed by atoms with Crippen molar-refractivity contribution in [1.29, 1.82) is 0 Å². The molecule has 2 rings (SSSR count). The van der Waals surface area contributed by atoms with Gasteiger partial charge in [0.2, 0.25) is 0 Å². The summed E-state index contributed by atoms with van der Waals surface area (Å²) in [4.78, 5) is 2.50. The van der Waals surface area contributed by atoms with Crippen LogP contribution in [0, 0.1) is 0 Å². The largest absolute Gasteiger partial charge is 0.368 e. The third-order valence-electron chi connectivity index (χ3n) is 4.65. The van der Waals surface area contributed by atoms with E-state index in [-0.39, 0.29) is 0 Å². The van der Waals surface area contributed by atoms with Gasteiger partial charge >= 0.3 is 0 Å². The fourth-order valence-corrected chi connectivity index (χ4v) is 3.76. The van der Waals surface area contributed by atoms with Crippen LogP contribution in [0.3, 0.4) is 0 Å². The smallest absolute Gasteiger partial charge is 0.0642 e. The van der Waals surface area contributed by atoms with Crippen molar-refractivity contribution in [2.75, 3.05) is 18.0 Å². The summed E-state index contributed by atoms with van der Waals surface area (Å²) in [7, 11) is 0. The highest BCUT2D eigenvalue weighted by Gasteiger charge is 2.22. The average molecular weight is 309 g/mol. The van der Waals surface area contributed by atoms with Crippen LogP contribution < -0.4 is 10.2 Å². The van der Waals surface area contributed by atoms with Crippen LogP contribution >= 0.6 is 11.6 Å². The Kier molecular flexibility index (Phi) is 6.38. The molecule has 0 radical (unpaired) electrons. The maximum absolute atomic E-state index is 6.60. The molecule has 1 N–H and O–H groups in total. The van der Waals surface area contributed by atoms with Gasteiger partial charge in [-0.15, -0.1) is 0 Å². The van der Waals surface area contributed by atoms with Crippen LogP contribution in [0.5, 0.6) is 0 Å². The summed E-state index contributed by atoms with van der Waals surface area (Å²) in [6.07, 6.45) is 6.71. The van der Waals surface area contributed by atoms with E-state index in [1.807, 2.05) is 0 Å². The summed E-state index contributed by atoms with van der Waals surface area (Å²) in [5, 5.41) is 4.34. The van der Waals surface area contributed by atoms with Crippen molar-refractivity contribution in [3.63, 3.8) is 0 Å². The zero-order valence-corrected chi connectivity index (χ0v) is 14.4. The SMILES string of the molecule is CCNC(C)c1ccc(N(CC)C2CCCCC2)c(Cl)c1. The lowest BCUT2D eigenvalue weighted by Gasteiger charge is -2.36. The molecule has 1 atom stereocenters. The molecule has 0 aliphatic heterocycles. The highest BCUT2D eigenvalue weighted by molar-refractivity contribution is 6.33. The predicted octanol–water partition coefficient (Wildman–Crippen LogP) is 5.17. The summed E-state index contributed by atoms with van der Waals surface area (Å²) >= 11 is 6.60. The molecule has 0 spiro atoms. The molecule has 0 aromatic heterocycles. The third kappa shape index (κ3) is 4.14. The van der Waals surface area contributed by atoms with Gasteiger partial charge in [0.25, 0.3) is 0 Å². The fourth-order valence-electron chi connectivity index (χ4n) is 3.47. The van der Waals surface area contributed by atoms with E-state index in [0.717, 1.165) is 18.1 Å². The van der Waals surface area contributed by atoms with E-state index in [0.29, 0.717) is 12.1 Å². The Morgan fingerprint density at radius 1 is 1.24 bits per heavy atom. The first-order valence-electron chi connectivity index (χ1n) is 8.46. The van der Waals surface area contributed by atoms with Crippen LogP contribution in [0.15, 0.2) is 18.2 Å². The first kappa shape index (κ1) is 16.6. The molecule has 0 bridgehead atoms. The van der Waals surface area contributed by atoms with Crippen molar-refractivity contribution in [2.24, 2.45) is 0 Å². The van der Waals surface area contributed by atoms with Crippen molar-refractivity contribution >= 4 is 17.3 Å². The van der Waals surface area contributed by atoms with E-state index in [9.17, 15) is 0 Å². The lowest BCUT2D eigenvalue weighted by molar-refractivity contribution is 0.418. The topological polar surface area (TPSA) is 15.3 Å². The van der Waals surface area contributed by atoms with Crippen LogP contribution in [0.25, 0.3) is 0 Å². The first-order chi connectivity index (χ1) is 10.2. The molecule has 2 nitrogen and oxygen atoms in total. The molecule has 0 heterocycles. The van der Waals surface area contributed by atoms with Crippen LogP contribution in [-0.2, 0) is 0 Å². The molecule has 1 aliphatic rings. The zero-order chi connectivity index (χ0) is 15.2. The Balaban J connectivity index is 2.17. The monoisotopic (exact) mass is 308 g/mol. The lowest BCUT2D eigenvalue weighted by Crippen LogP contribution is -2.36. The zero-order valence-electron chi connectivity index (χ0n) is 13.7. The minimum Gasteiger partial charge on any atom is -0.368 e. The van der Waals surface area contributed by atoms with Crippen LogP contribution in [0.1, 0.15) is 64.5 Å². The summed E-state index contributed by atoms with van der Waals surface area (Å²) in [5.41, 5.74) is 2.48. The summed E-state index contributed by atoms with van der Waals surface area (Å²) in [6, 6.07) is 7.59. The van der Waals surface area contributed by atoms with Gasteiger partial charge in [-0.25, -0.2) is 0 Å². The normalized spacial score (nSPS) is 17.7. The molecule has 0 amide bonds. The molecule has 1 unspecified atom stereocenters. The van der Waals surface area contributed by atoms with Gasteiger partial charge in [0, 0.05) is 18.6 Å². The number of hydrogen-bond donors (Lipinski definition) is 1. The van der Waals surface area contributed by atoms with Crippen molar-refractivity contribution in [1.82, 2.24) is 5.32 Å². The van der Waals surface area contributed by atoms with Crippen LogP contribution in [0.4, 0.5) is 5.69 Å². The molecule has 118 valence electrons. The van der Waals surface area contributed by atoms with Gasteiger partial charge in [0.1, 0.15) is 0 Å². The van der Waals surface area contributed by atoms with Gasteiger partial charge in [-0.2, -0.15) is 0 Å². The van der Waals surface area contributed by atoms with Gasteiger partial charge in [-0.05, 0) is 50.9 Å². The molecular formula is C18H29ClN2. The predicted molar refractivity (Wildman–Crippen MR) is 93.4 cm³/mol. The molecule has 1 aromatic rings. The van der Waals surface area contributed by atoms with Gasteiger partial charge in [0.05, 0.1) is 10.7 Å². The van der Waals surface area contributed by atoms with E-state index < -0.39 is 0 Å². The molecule has 3 heteroatoms. The Morgan fingerprint density at radius 2 is 1.95 bits per heavy atom. The Labute approximate surface area is 134 Å². The quantitative estimate of drug-likeness (QED) is 0.780. The third-order valence-corrected chi connectivity index (χ3v) is 4.95. The van der Waals surface area contributed by atoms with E-state index in [1.165, 1.54) is 43.4 Å². The summed E-state index contributed by atoms with van der Waals surface area (Å²) in [5.74, 6) is 0. The summed E-state index contributed by atoms with van der Waals surface area (Å²) in [6.45, 7) is 8.57. The first-order valence-corrected chi connectivity index (χ1v) is 8.84. The maximum Gasteiger partial charge on any atom is 0.0642 e. The molecule has 1 aromatic carbocycles. The minimum absolute atomic E-state index is 0.353. The lowest BCUT2D eigenvalue weighted by atomic mass is 9.93. The second-order valence-corrected chi connectivity index (χ2v) is 6.48. The van der Waals surface area contributed by atoms with E-state index >= 15 is 0 Å². The Morgan fingerprint density at radius 3 is 2.52 bits per heavy atom. The highest BCUT2D eigenvalue weighted by Crippen LogP contribution is 2.33. The van der Waals surface area contributed by atoms with E-state index in [2.05, 4.69) is 49.2 Å². The van der Waals surface area contributed by atoms with Gasteiger partial charge in [-0.1, -0.05) is 43.9 Å². The molecular weight excluding hydrogens is 280 g/mol. The minimum atomic E-state index is 0.353. The van der Waals surface area contributed by atoms with Crippen molar-refractivity contribution in [2.45, 2.75) is 65.0 Å². The number of rotatable bonds is 6. The van der Waals surface area contributed by atoms with Crippen LogP contribution in [-0.4, -0.2) is 19.1 Å². The maximum atomic E-state index is 6.60. The second-order valence-electron chi connectivity index (χ2n) is 6.07. The van der Waals surface area contributed by atoms with Crippen molar-refractivity contribution in [3.05, 3.63) is 28.8 Å². The van der Waals surface area contributed by atoms with Crippen molar-refractivity contribution in [3.8, 4) is 0 Å². The van der Waals surface area contributed by atoms with Gasteiger partial charge in [0.15, 0.2) is 0 Å². The Bertz CT molecular complexity index is 441. The number of anilines is 1. The molecule has 0 saturated heterocycles. The number of halogens is 1. The number of nitrogens with zero attached hydrogens (tertiary/aromatic N) is 1. The second kappa shape index (κ2) is 8.05. The van der Waals surface area contributed by atoms with Crippen LogP contribution in [0.2, 0.25) is 5.02 Å². The Hall–Kier alpha value is -0.730. The summed E-state index contributed by atoms with van der Waals surface area (Å²) < 4.78 is 0. The van der Waals surface area contributed by atoms with Gasteiger partial charge < -0.3 is 10.2 Å². The number of nitrogens with one attached hydrogen (secondary N) is 1.